The summed E-state index contributed by atoms with van der Waals surface area (Å²) in [7, 11) is 0. The molecule has 0 bridgehead atoms. The molecule has 7 heteroatoms. The number of rotatable bonds is 5. The van der Waals surface area contributed by atoms with Crippen LogP contribution >= 0.6 is 0 Å². The molecular weight excluding hydrogens is 356 g/mol. The van der Waals surface area contributed by atoms with Crippen LogP contribution in [-0.4, -0.2) is 46.4 Å². The number of carbonyl (C=O) groups excluding carboxylic acids is 3. The predicted octanol–water partition coefficient (Wildman–Crippen LogP) is 2.33. The van der Waals surface area contributed by atoms with Crippen molar-refractivity contribution in [1.82, 2.24) is 20.5 Å². The van der Waals surface area contributed by atoms with Crippen LogP contribution in [-0.2, 0) is 16.0 Å². The van der Waals surface area contributed by atoms with Crippen molar-refractivity contribution in [2.75, 3.05) is 13.1 Å². The molecule has 1 saturated carbocycles. The van der Waals surface area contributed by atoms with E-state index in [0.717, 1.165) is 40.6 Å². The minimum absolute atomic E-state index is 0.0904. The number of H-pyrrole nitrogens is 1. The van der Waals surface area contributed by atoms with Crippen LogP contribution in [0.2, 0.25) is 0 Å². The Bertz CT molecular complexity index is 921. The Morgan fingerprint density at radius 3 is 2.93 bits per heavy atom. The summed E-state index contributed by atoms with van der Waals surface area (Å²) in [5.41, 5.74) is 1.37. The van der Waals surface area contributed by atoms with E-state index in [2.05, 4.69) is 15.6 Å². The molecule has 28 heavy (non-hydrogen) atoms. The molecule has 0 unspecified atom stereocenters. The number of nitrogens with zero attached hydrogens (tertiary/aromatic N) is 1. The Hall–Kier alpha value is -2.83. The predicted molar refractivity (Wildman–Crippen MR) is 106 cm³/mol. The number of hydrogen-bond donors (Lipinski definition) is 3. The first-order chi connectivity index (χ1) is 13.5. The van der Waals surface area contributed by atoms with E-state index in [-0.39, 0.29) is 24.3 Å². The van der Waals surface area contributed by atoms with Crippen molar-refractivity contribution in [3.05, 3.63) is 36.0 Å². The molecule has 1 aromatic heterocycles. The third-order valence-corrected chi connectivity index (χ3v) is 6.19. The smallest absolute Gasteiger partial charge is 0.325 e. The van der Waals surface area contributed by atoms with Crippen LogP contribution in [0.15, 0.2) is 30.5 Å². The SMILES string of the molecule is C[C@@H]1CCCC[C@@]12NC(=O)N(CC(=O)NCCc1c[nH]c3ccccc13)C2=O. The second-order valence-electron chi connectivity index (χ2n) is 7.90. The number of carbonyl (C=O) groups is 3. The lowest BCUT2D eigenvalue weighted by Gasteiger charge is -2.36. The lowest BCUT2D eigenvalue weighted by atomic mass is 9.73. The van der Waals surface area contributed by atoms with E-state index in [1.807, 2.05) is 37.4 Å². The van der Waals surface area contributed by atoms with E-state index >= 15 is 0 Å². The van der Waals surface area contributed by atoms with Gasteiger partial charge in [-0.25, -0.2) is 4.79 Å². The number of aromatic nitrogens is 1. The lowest BCUT2D eigenvalue weighted by Crippen LogP contribution is -2.54. The fourth-order valence-electron chi connectivity index (χ4n) is 4.51. The highest BCUT2D eigenvalue weighted by atomic mass is 16.2. The molecule has 1 aromatic carbocycles. The van der Waals surface area contributed by atoms with Gasteiger partial charge in [-0.1, -0.05) is 38.0 Å². The number of hydrogen-bond acceptors (Lipinski definition) is 3. The monoisotopic (exact) mass is 382 g/mol. The summed E-state index contributed by atoms with van der Waals surface area (Å²) in [6.45, 7) is 2.22. The maximum absolute atomic E-state index is 12.9. The van der Waals surface area contributed by atoms with Crippen molar-refractivity contribution < 1.29 is 14.4 Å². The van der Waals surface area contributed by atoms with Gasteiger partial charge in [0.15, 0.2) is 0 Å². The average Bonchev–Trinajstić information content (AvgIpc) is 3.20. The van der Waals surface area contributed by atoms with Gasteiger partial charge in [-0.05, 0) is 36.8 Å². The van der Waals surface area contributed by atoms with Crippen LogP contribution in [0.4, 0.5) is 4.79 Å². The van der Waals surface area contributed by atoms with E-state index in [0.29, 0.717) is 19.4 Å². The van der Waals surface area contributed by atoms with E-state index in [1.54, 1.807) is 0 Å². The molecule has 2 aliphatic rings. The van der Waals surface area contributed by atoms with Crippen LogP contribution in [0.25, 0.3) is 10.9 Å². The Morgan fingerprint density at radius 2 is 2.11 bits per heavy atom. The van der Waals surface area contributed by atoms with Gasteiger partial charge < -0.3 is 15.6 Å². The van der Waals surface area contributed by atoms with Gasteiger partial charge >= 0.3 is 6.03 Å². The second-order valence-corrected chi connectivity index (χ2v) is 7.90. The molecule has 0 radical (unpaired) electrons. The molecule has 1 aliphatic heterocycles. The van der Waals surface area contributed by atoms with Gasteiger partial charge in [0, 0.05) is 23.6 Å². The van der Waals surface area contributed by atoms with Gasteiger partial charge in [-0.15, -0.1) is 0 Å². The van der Waals surface area contributed by atoms with Crippen LogP contribution in [0, 0.1) is 5.92 Å². The van der Waals surface area contributed by atoms with Crippen molar-refractivity contribution in [3.8, 4) is 0 Å². The van der Waals surface area contributed by atoms with Crippen molar-refractivity contribution in [1.29, 1.82) is 0 Å². The average molecular weight is 382 g/mol. The number of imide groups is 1. The zero-order valence-corrected chi connectivity index (χ0v) is 16.1. The molecule has 4 rings (SSSR count). The lowest BCUT2D eigenvalue weighted by molar-refractivity contribution is -0.137. The van der Waals surface area contributed by atoms with Gasteiger partial charge in [0.1, 0.15) is 12.1 Å². The highest BCUT2D eigenvalue weighted by molar-refractivity contribution is 6.09. The first-order valence-electron chi connectivity index (χ1n) is 9.97. The van der Waals surface area contributed by atoms with E-state index in [9.17, 15) is 14.4 Å². The molecule has 148 valence electrons. The number of fused-ring (bicyclic) bond motifs is 1. The fourth-order valence-corrected chi connectivity index (χ4v) is 4.51. The van der Waals surface area contributed by atoms with Crippen LogP contribution in [0.5, 0.6) is 0 Å². The molecule has 2 fully saturated rings. The number of nitrogens with one attached hydrogen (secondary N) is 3. The van der Waals surface area contributed by atoms with E-state index < -0.39 is 11.6 Å². The summed E-state index contributed by atoms with van der Waals surface area (Å²) < 4.78 is 0. The minimum atomic E-state index is -0.820. The number of benzene rings is 1. The molecule has 1 saturated heterocycles. The first kappa shape index (κ1) is 18.5. The highest BCUT2D eigenvalue weighted by Crippen LogP contribution is 2.38. The molecule has 1 spiro atoms. The molecule has 4 amide bonds. The summed E-state index contributed by atoms with van der Waals surface area (Å²) >= 11 is 0. The molecule has 2 heterocycles. The Labute approximate surface area is 163 Å². The van der Waals surface area contributed by atoms with E-state index in [1.165, 1.54) is 0 Å². The van der Waals surface area contributed by atoms with Gasteiger partial charge in [-0.3, -0.25) is 14.5 Å². The standard InChI is InChI=1S/C21H26N4O3/c1-14-6-4-5-10-21(14)19(27)25(20(28)24-21)13-18(26)22-11-9-15-12-23-17-8-3-2-7-16(15)17/h2-3,7-8,12,14,23H,4-6,9-11,13H2,1H3,(H,22,26)(H,24,28)/t14-,21-/m1/s1. The molecule has 1 aliphatic carbocycles. The van der Waals surface area contributed by atoms with Gasteiger partial charge in [-0.2, -0.15) is 0 Å². The zero-order chi connectivity index (χ0) is 19.7. The van der Waals surface area contributed by atoms with Crippen molar-refractivity contribution in [2.45, 2.75) is 44.6 Å². The third kappa shape index (κ3) is 3.15. The van der Waals surface area contributed by atoms with Gasteiger partial charge in [0.05, 0.1) is 0 Å². The minimum Gasteiger partial charge on any atom is -0.361 e. The first-order valence-corrected chi connectivity index (χ1v) is 9.97. The third-order valence-electron chi connectivity index (χ3n) is 6.19. The van der Waals surface area contributed by atoms with Crippen molar-refractivity contribution in [2.24, 2.45) is 5.92 Å². The maximum atomic E-state index is 12.9. The summed E-state index contributed by atoms with van der Waals surface area (Å²) in [4.78, 5) is 41.9. The molecule has 7 nitrogen and oxygen atoms in total. The quantitative estimate of drug-likeness (QED) is 0.693. The van der Waals surface area contributed by atoms with Crippen LogP contribution in [0.3, 0.4) is 0 Å². The molecule has 2 atom stereocenters. The summed E-state index contributed by atoms with van der Waals surface area (Å²) in [6.07, 6.45) is 6.18. The number of aromatic amines is 1. The molecule has 2 aromatic rings. The highest BCUT2D eigenvalue weighted by Gasteiger charge is 2.55. The summed E-state index contributed by atoms with van der Waals surface area (Å²) in [5, 5.41) is 6.84. The second kappa shape index (κ2) is 7.30. The van der Waals surface area contributed by atoms with Gasteiger partial charge in [0.25, 0.3) is 5.91 Å². The Morgan fingerprint density at radius 1 is 1.29 bits per heavy atom. The zero-order valence-electron chi connectivity index (χ0n) is 16.1. The fraction of sp³-hybridized carbons (Fsp3) is 0.476. The van der Waals surface area contributed by atoms with E-state index in [4.69, 9.17) is 0 Å². The Balaban J connectivity index is 1.33. The maximum Gasteiger partial charge on any atom is 0.325 e. The normalized spacial score (nSPS) is 24.8. The molecular formula is C21H26N4O3. The van der Waals surface area contributed by atoms with Crippen LogP contribution < -0.4 is 10.6 Å². The molecule has 3 N–H and O–H groups in total. The number of para-hydroxylation sites is 1. The van der Waals surface area contributed by atoms with Crippen molar-refractivity contribution >= 4 is 28.7 Å². The number of urea groups is 1. The number of amides is 4. The summed E-state index contributed by atoms with van der Waals surface area (Å²) in [5.74, 6) is -0.479. The largest absolute Gasteiger partial charge is 0.361 e. The Kier molecular flexibility index (Phi) is 4.83. The topological polar surface area (TPSA) is 94.3 Å². The summed E-state index contributed by atoms with van der Waals surface area (Å²) in [6, 6.07) is 7.56. The van der Waals surface area contributed by atoms with Crippen molar-refractivity contribution in [3.63, 3.8) is 0 Å². The van der Waals surface area contributed by atoms with Crippen LogP contribution in [0.1, 0.15) is 38.2 Å². The van der Waals surface area contributed by atoms with Gasteiger partial charge in [0.2, 0.25) is 5.91 Å².